The van der Waals surface area contributed by atoms with Gasteiger partial charge in [0.1, 0.15) is 5.75 Å². The number of nitrogens with one attached hydrogen (secondary N) is 2. The second kappa shape index (κ2) is 9.17. The van der Waals surface area contributed by atoms with E-state index in [0.717, 1.165) is 43.3 Å². The van der Waals surface area contributed by atoms with Crippen LogP contribution in [0.5, 0.6) is 5.75 Å². The summed E-state index contributed by atoms with van der Waals surface area (Å²) in [7, 11) is 1.62. The van der Waals surface area contributed by atoms with E-state index >= 15 is 0 Å². The highest BCUT2D eigenvalue weighted by Gasteiger charge is 2.10. The van der Waals surface area contributed by atoms with E-state index in [0.29, 0.717) is 5.11 Å². The predicted molar refractivity (Wildman–Crippen MR) is 109 cm³/mol. The van der Waals surface area contributed by atoms with Gasteiger partial charge in [-0.05, 0) is 42.0 Å². The lowest BCUT2D eigenvalue weighted by atomic mass is 10.2. The van der Waals surface area contributed by atoms with Crippen LogP contribution in [0.2, 0.25) is 0 Å². The van der Waals surface area contributed by atoms with Crippen LogP contribution in [0.3, 0.4) is 0 Å². The van der Waals surface area contributed by atoms with Gasteiger partial charge in [0, 0.05) is 18.8 Å². The molecule has 7 heteroatoms. The molecule has 3 rings (SSSR count). The van der Waals surface area contributed by atoms with Gasteiger partial charge in [0.2, 0.25) is 0 Å². The van der Waals surface area contributed by atoms with Gasteiger partial charge in [0.05, 0.1) is 32.2 Å². The molecule has 0 aliphatic carbocycles. The zero-order chi connectivity index (χ0) is 18.2. The zero-order valence-electron chi connectivity index (χ0n) is 14.6. The van der Waals surface area contributed by atoms with Gasteiger partial charge in [-0.15, -0.1) is 0 Å². The number of ether oxygens (including phenoxy) is 2. The van der Waals surface area contributed by atoms with Gasteiger partial charge in [0.25, 0.3) is 0 Å². The molecule has 2 N–H and O–H groups in total. The molecular weight excluding hydrogens is 348 g/mol. The summed E-state index contributed by atoms with van der Waals surface area (Å²) in [6, 6.07) is 15.8. The standard InChI is InChI=1S/C19H22N4O2S/c1-24-18-5-3-2-4-17(18)21-19(26)22-20-14-15-6-8-16(9-7-15)23-10-12-25-13-11-23/h2-9,14H,10-13H2,1H3,(H2,21,22,26). The zero-order valence-corrected chi connectivity index (χ0v) is 15.5. The van der Waals surface area contributed by atoms with Gasteiger partial charge in [-0.2, -0.15) is 5.10 Å². The summed E-state index contributed by atoms with van der Waals surface area (Å²) in [4.78, 5) is 2.31. The monoisotopic (exact) mass is 370 g/mol. The second-order valence-electron chi connectivity index (χ2n) is 5.72. The van der Waals surface area contributed by atoms with E-state index < -0.39 is 0 Å². The fourth-order valence-electron chi connectivity index (χ4n) is 2.66. The highest BCUT2D eigenvalue weighted by Crippen LogP contribution is 2.22. The minimum absolute atomic E-state index is 0.399. The average molecular weight is 370 g/mol. The molecule has 1 saturated heterocycles. The Kier molecular flexibility index (Phi) is 6.40. The number of para-hydroxylation sites is 2. The van der Waals surface area contributed by atoms with E-state index in [1.807, 2.05) is 36.4 Å². The number of benzene rings is 2. The minimum Gasteiger partial charge on any atom is -0.495 e. The van der Waals surface area contributed by atoms with Crippen LogP contribution in [0.1, 0.15) is 5.56 Å². The second-order valence-corrected chi connectivity index (χ2v) is 6.12. The first-order valence-electron chi connectivity index (χ1n) is 8.42. The van der Waals surface area contributed by atoms with Crippen molar-refractivity contribution < 1.29 is 9.47 Å². The quantitative estimate of drug-likeness (QED) is 0.480. The van der Waals surface area contributed by atoms with Crippen LogP contribution < -0.4 is 20.4 Å². The predicted octanol–water partition coefficient (Wildman–Crippen LogP) is 2.85. The van der Waals surface area contributed by atoms with Gasteiger partial charge in [-0.3, -0.25) is 5.43 Å². The SMILES string of the molecule is COc1ccccc1NC(=S)NN=Cc1ccc(N2CCOCC2)cc1. The third kappa shape index (κ3) is 4.93. The summed E-state index contributed by atoms with van der Waals surface area (Å²) in [5, 5.41) is 7.64. The van der Waals surface area contributed by atoms with Crippen LogP contribution in [-0.4, -0.2) is 44.7 Å². The van der Waals surface area contributed by atoms with Crippen LogP contribution in [0.15, 0.2) is 53.6 Å². The van der Waals surface area contributed by atoms with Gasteiger partial charge in [-0.25, -0.2) is 0 Å². The fourth-order valence-corrected chi connectivity index (χ4v) is 2.82. The van der Waals surface area contributed by atoms with E-state index in [-0.39, 0.29) is 0 Å². The van der Waals surface area contributed by atoms with Crippen LogP contribution in [0.4, 0.5) is 11.4 Å². The van der Waals surface area contributed by atoms with E-state index in [1.165, 1.54) is 5.69 Å². The summed E-state index contributed by atoms with van der Waals surface area (Å²) < 4.78 is 10.7. The molecule has 0 unspecified atom stereocenters. The molecule has 6 nitrogen and oxygen atoms in total. The molecule has 0 aromatic heterocycles. The van der Waals surface area contributed by atoms with Gasteiger partial charge in [-0.1, -0.05) is 24.3 Å². The summed E-state index contributed by atoms with van der Waals surface area (Å²) in [6.45, 7) is 3.42. The normalized spacial score (nSPS) is 14.3. The Balaban J connectivity index is 1.52. The van der Waals surface area contributed by atoms with Crippen LogP contribution in [0.25, 0.3) is 0 Å². The van der Waals surface area contributed by atoms with E-state index in [9.17, 15) is 0 Å². The molecule has 1 fully saturated rings. The Bertz CT molecular complexity index is 758. The van der Waals surface area contributed by atoms with Crippen molar-refractivity contribution in [3.05, 3.63) is 54.1 Å². The third-order valence-corrected chi connectivity index (χ3v) is 4.20. The number of morpholine rings is 1. The van der Waals surface area contributed by atoms with Crippen molar-refractivity contribution in [2.75, 3.05) is 43.6 Å². The highest BCUT2D eigenvalue weighted by molar-refractivity contribution is 7.80. The van der Waals surface area contributed by atoms with E-state index in [4.69, 9.17) is 21.7 Å². The minimum atomic E-state index is 0.399. The van der Waals surface area contributed by atoms with Crippen molar-refractivity contribution in [1.82, 2.24) is 5.43 Å². The van der Waals surface area contributed by atoms with Crippen LogP contribution in [-0.2, 0) is 4.74 Å². The Hall–Kier alpha value is -2.64. The van der Waals surface area contributed by atoms with E-state index in [1.54, 1.807) is 13.3 Å². The molecule has 0 atom stereocenters. The first-order chi connectivity index (χ1) is 12.8. The Morgan fingerprint density at radius 3 is 2.62 bits per heavy atom. The molecule has 1 aliphatic rings. The van der Waals surface area contributed by atoms with Gasteiger partial charge >= 0.3 is 0 Å². The van der Waals surface area contributed by atoms with Crippen molar-refractivity contribution in [3.63, 3.8) is 0 Å². The molecule has 0 radical (unpaired) electrons. The largest absolute Gasteiger partial charge is 0.495 e. The lowest BCUT2D eigenvalue weighted by molar-refractivity contribution is 0.122. The van der Waals surface area contributed by atoms with Crippen molar-refractivity contribution in [1.29, 1.82) is 0 Å². The van der Waals surface area contributed by atoms with Crippen LogP contribution >= 0.6 is 12.2 Å². The number of methoxy groups -OCH3 is 1. The molecule has 0 bridgehead atoms. The number of hydrogen-bond donors (Lipinski definition) is 2. The molecule has 136 valence electrons. The van der Waals surface area contributed by atoms with E-state index in [2.05, 4.69) is 32.9 Å². The Morgan fingerprint density at radius 2 is 1.88 bits per heavy atom. The summed E-state index contributed by atoms with van der Waals surface area (Å²) in [6.07, 6.45) is 1.74. The molecule has 0 saturated carbocycles. The molecule has 1 heterocycles. The maximum Gasteiger partial charge on any atom is 0.191 e. The fraction of sp³-hybridized carbons (Fsp3) is 0.263. The molecule has 2 aromatic carbocycles. The number of hydrazone groups is 1. The first kappa shape index (κ1) is 18.2. The summed E-state index contributed by atoms with van der Waals surface area (Å²) in [5.41, 5.74) is 5.80. The van der Waals surface area contributed by atoms with Crippen molar-refractivity contribution in [3.8, 4) is 5.75 Å². The lowest BCUT2D eigenvalue weighted by Crippen LogP contribution is -2.36. The maximum absolute atomic E-state index is 5.38. The van der Waals surface area contributed by atoms with Crippen molar-refractivity contribution >= 4 is 34.9 Å². The topological polar surface area (TPSA) is 58.1 Å². The van der Waals surface area contributed by atoms with Crippen molar-refractivity contribution in [2.24, 2.45) is 5.10 Å². The molecule has 2 aromatic rings. The average Bonchev–Trinajstić information content (AvgIpc) is 2.69. The number of thiocarbonyl (C=S) groups is 1. The smallest absolute Gasteiger partial charge is 0.191 e. The third-order valence-electron chi connectivity index (χ3n) is 4.00. The first-order valence-corrected chi connectivity index (χ1v) is 8.83. The van der Waals surface area contributed by atoms with Crippen molar-refractivity contribution in [2.45, 2.75) is 0 Å². The van der Waals surface area contributed by atoms with Gasteiger partial charge in [0.15, 0.2) is 5.11 Å². The number of anilines is 2. The maximum atomic E-state index is 5.38. The molecule has 1 aliphatic heterocycles. The number of nitrogens with zero attached hydrogens (tertiary/aromatic N) is 2. The van der Waals surface area contributed by atoms with Crippen LogP contribution in [0, 0.1) is 0 Å². The molecular formula is C19H22N4O2S. The molecule has 0 amide bonds. The summed E-state index contributed by atoms with van der Waals surface area (Å²) in [5.74, 6) is 0.722. The molecule has 0 spiro atoms. The van der Waals surface area contributed by atoms with Gasteiger partial charge < -0.3 is 19.7 Å². The summed E-state index contributed by atoms with van der Waals surface area (Å²) >= 11 is 5.26. The Labute approximate surface area is 158 Å². The highest BCUT2D eigenvalue weighted by atomic mass is 32.1. The number of rotatable bonds is 5. The number of hydrogen-bond acceptors (Lipinski definition) is 5. The lowest BCUT2D eigenvalue weighted by Gasteiger charge is -2.28. The molecule has 26 heavy (non-hydrogen) atoms. The Morgan fingerprint density at radius 1 is 1.15 bits per heavy atom.